The molecule has 2 nitrogen and oxygen atoms in total. The number of hydrogen-bond acceptors (Lipinski definition) is 2. The number of alkyl halides is 3. The summed E-state index contributed by atoms with van der Waals surface area (Å²) in [5.41, 5.74) is 0.575. The van der Waals surface area contributed by atoms with E-state index in [1.54, 1.807) is 6.07 Å². The first-order valence-electron chi connectivity index (χ1n) is 7.72. The zero-order valence-electron chi connectivity index (χ0n) is 12.0. The molecule has 0 unspecified atom stereocenters. The Hall–Kier alpha value is -1.23. The van der Waals surface area contributed by atoms with Gasteiger partial charge >= 0.3 is 6.18 Å². The Bertz CT molecular complexity index is 489. The molecule has 3 rings (SSSR count). The van der Waals surface area contributed by atoms with Gasteiger partial charge in [-0.15, -0.1) is 0 Å². The minimum Gasteiger partial charge on any atom is -0.372 e. The van der Waals surface area contributed by atoms with E-state index in [1.165, 1.54) is 12.5 Å². The Morgan fingerprint density at radius 2 is 1.81 bits per heavy atom. The third-order valence-electron chi connectivity index (χ3n) is 4.28. The van der Waals surface area contributed by atoms with E-state index in [1.807, 2.05) is 6.07 Å². The van der Waals surface area contributed by atoms with Crippen LogP contribution in [0.1, 0.15) is 43.2 Å². The highest BCUT2D eigenvalue weighted by atomic mass is 19.4. The number of anilines is 1. The molecule has 0 radical (unpaired) electrons. The molecule has 116 valence electrons. The lowest BCUT2D eigenvalue weighted by atomic mass is 10.0. The second-order valence-electron chi connectivity index (χ2n) is 6.04. The van der Waals surface area contributed by atoms with Crippen molar-refractivity contribution in [1.82, 2.24) is 5.32 Å². The molecule has 2 fully saturated rings. The average molecular weight is 298 g/mol. The van der Waals surface area contributed by atoms with E-state index >= 15 is 0 Å². The second kappa shape index (κ2) is 5.87. The van der Waals surface area contributed by atoms with Crippen molar-refractivity contribution in [1.29, 1.82) is 0 Å². The summed E-state index contributed by atoms with van der Waals surface area (Å²) in [5, 5.41) is 3.17. The highest BCUT2D eigenvalue weighted by molar-refractivity contribution is 5.52. The van der Waals surface area contributed by atoms with Crippen LogP contribution < -0.4 is 10.2 Å². The molecule has 21 heavy (non-hydrogen) atoms. The number of hydrogen-bond donors (Lipinski definition) is 1. The average Bonchev–Trinajstić information content (AvgIpc) is 3.29. The monoisotopic (exact) mass is 298 g/mol. The van der Waals surface area contributed by atoms with Crippen molar-refractivity contribution < 1.29 is 13.2 Å². The number of piperidine rings is 1. The van der Waals surface area contributed by atoms with E-state index in [2.05, 4.69) is 10.2 Å². The molecule has 1 N–H and O–H groups in total. The lowest BCUT2D eigenvalue weighted by Crippen LogP contribution is -2.30. The van der Waals surface area contributed by atoms with Crippen LogP contribution in [-0.4, -0.2) is 19.1 Å². The molecule has 1 saturated heterocycles. The second-order valence-corrected chi connectivity index (χ2v) is 6.04. The van der Waals surface area contributed by atoms with E-state index < -0.39 is 11.7 Å². The van der Waals surface area contributed by atoms with Crippen LogP contribution in [0.3, 0.4) is 0 Å². The van der Waals surface area contributed by atoms with E-state index in [0.717, 1.165) is 38.8 Å². The first kappa shape index (κ1) is 14.7. The van der Waals surface area contributed by atoms with Crippen LogP contribution in [-0.2, 0) is 12.7 Å². The lowest BCUT2D eigenvalue weighted by molar-refractivity contribution is -0.138. The summed E-state index contributed by atoms with van der Waals surface area (Å²) in [6.07, 6.45) is 1.16. The van der Waals surface area contributed by atoms with E-state index in [0.29, 0.717) is 23.8 Å². The van der Waals surface area contributed by atoms with Gasteiger partial charge in [0.15, 0.2) is 0 Å². The minimum absolute atomic E-state index is 0.305. The first-order valence-corrected chi connectivity index (χ1v) is 7.72. The maximum atomic E-state index is 13.3. The maximum Gasteiger partial charge on any atom is 0.416 e. The van der Waals surface area contributed by atoms with Gasteiger partial charge in [0.2, 0.25) is 0 Å². The summed E-state index contributed by atoms with van der Waals surface area (Å²) in [7, 11) is 0. The maximum absolute atomic E-state index is 13.3. The van der Waals surface area contributed by atoms with Crippen molar-refractivity contribution in [3.8, 4) is 0 Å². The summed E-state index contributed by atoms with van der Waals surface area (Å²) in [5.74, 6) is 0. The van der Waals surface area contributed by atoms with Crippen molar-refractivity contribution in [2.75, 3.05) is 18.0 Å². The SMILES string of the molecule is FC(F)(F)c1cc(N2CCCCC2)ccc1CNC1CC1. The van der Waals surface area contributed by atoms with Crippen LogP contribution in [0.5, 0.6) is 0 Å². The number of rotatable bonds is 4. The molecular formula is C16H21F3N2. The number of benzene rings is 1. The molecule has 1 aliphatic heterocycles. The van der Waals surface area contributed by atoms with E-state index in [-0.39, 0.29) is 0 Å². The fourth-order valence-corrected chi connectivity index (χ4v) is 2.87. The molecule has 1 aliphatic carbocycles. The Balaban J connectivity index is 1.82. The minimum atomic E-state index is -4.29. The molecule has 1 aromatic carbocycles. The zero-order chi connectivity index (χ0) is 14.9. The quantitative estimate of drug-likeness (QED) is 0.905. The normalized spacial score (nSPS) is 19.9. The molecule has 1 saturated carbocycles. The van der Waals surface area contributed by atoms with Gasteiger partial charge in [-0.05, 0) is 49.8 Å². The summed E-state index contributed by atoms with van der Waals surface area (Å²) < 4.78 is 39.9. The molecule has 1 heterocycles. The summed E-state index contributed by atoms with van der Waals surface area (Å²) in [6.45, 7) is 2.02. The predicted molar refractivity (Wildman–Crippen MR) is 77.4 cm³/mol. The lowest BCUT2D eigenvalue weighted by Gasteiger charge is -2.29. The van der Waals surface area contributed by atoms with Gasteiger partial charge in [-0.1, -0.05) is 6.07 Å². The van der Waals surface area contributed by atoms with Gasteiger partial charge in [-0.25, -0.2) is 0 Å². The van der Waals surface area contributed by atoms with Crippen molar-refractivity contribution in [3.05, 3.63) is 29.3 Å². The predicted octanol–water partition coefficient (Wildman–Crippen LogP) is 3.95. The van der Waals surface area contributed by atoms with Crippen molar-refractivity contribution in [2.24, 2.45) is 0 Å². The Morgan fingerprint density at radius 3 is 2.43 bits per heavy atom. The molecule has 5 heteroatoms. The Labute approximate surface area is 123 Å². The van der Waals surface area contributed by atoms with Gasteiger partial charge in [0.1, 0.15) is 0 Å². The van der Waals surface area contributed by atoms with Crippen LogP contribution in [0, 0.1) is 0 Å². The van der Waals surface area contributed by atoms with Gasteiger partial charge in [-0.2, -0.15) is 13.2 Å². The van der Waals surface area contributed by atoms with Crippen molar-refractivity contribution in [3.63, 3.8) is 0 Å². The number of halogens is 3. The molecular weight excluding hydrogens is 277 g/mol. The van der Waals surface area contributed by atoms with Crippen molar-refractivity contribution >= 4 is 5.69 Å². The third kappa shape index (κ3) is 3.70. The van der Waals surface area contributed by atoms with Gasteiger partial charge in [-0.3, -0.25) is 0 Å². The largest absolute Gasteiger partial charge is 0.416 e. The summed E-state index contributed by atoms with van der Waals surface area (Å²) in [6, 6.07) is 5.22. The number of nitrogens with zero attached hydrogens (tertiary/aromatic N) is 1. The van der Waals surface area contributed by atoms with Gasteiger partial charge < -0.3 is 10.2 Å². The number of nitrogens with one attached hydrogen (secondary N) is 1. The van der Waals surface area contributed by atoms with Crippen LogP contribution in [0.25, 0.3) is 0 Å². The fourth-order valence-electron chi connectivity index (χ4n) is 2.87. The smallest absolute Gasteiger partial charge is 0.372 e. The molecule has 0 bridgehead atoms. The highest BCUT2D eigenvalue weighted by Gasteiger charge is 2.34. The Kier molecular flexibility index (Phi) is 4.11. The van der Waals surface area contributed by atoms with Crippen LogP contribution >= 0.6 is 0 Å². The summed E-state index contributed by atoms with van der Waals surface area (Å²) in [4.78, 5) is 2.07. The van der Waals surface area contributed by atoms with Gasteiger partial charge in [0, 0.05) is 31.4 Å². The third-order valence-corrected chi connectivity index (χ3v) is 4.28. The molecule has 0 amide bonds. The Morgan fingerprint density at radius 1 is 1.10 bits per heavy atom. The standard InChI is InChI=1S/C16H21F3N2/c17-16(18,19)15-10-14(21-8-2-1-3-9-21)7-4-12(15)11-20-13-5-6-13/h4,7,10,13,20H,1-3,5-6,8-9,11H2. The summed E-state index contributed by atoms with van der Waals surface area (Å²) >= 11 is 0. The van der Waals surface area contributed by atoms with Crippen LogP contribution in [0.15, 0.2) is 18.2 Å². The van der Waals surface area contributed by atoms with Crippen LogP contribution in [0.2, 0.25) is 0 Å². The molecule has 0 atom stereocenters. The fraction of sp³-hybridized carbons (Fsp3) is 0.625. The van der Waals surface area contributed by atoms with Gasteiger partial charge in [0.05, 0.1) is 5.56 Å². The molecule has 1 aromatic rings. The first-order chi connectivity index (χ1) is 10.0. The van der Waals surface area contributed by atoms with E-state index in [9.17, 15) is 13.2 Å². The topological polar surface area (TPSA) is 15.3 Å². The van der Waals surface area contributed by atoms with Gasteiger partial charge in [0.25, 0.3) is 0 Å². The highest BCUT2D eigenvalue weighted by Crippen LogP contribution is 2.35. The molecule has 2 aliphatic rings. The zero-order valence-corrected chi connectivity index (χ0v) is 12.0. The van der Waals surface area contributed by atoms with Crippen molar-refractivity contribution in [2.45, 2.75) is 50.9 Å². The molecule has 0 aromatic heterocycles. The molecule has 0 spiro atoms. The van der Waals surface area contributed by atoms with Crippen LogP contribution in [0.4, 0.5) is 18.9 Å². The van der Waals surface area contributed by atoms with E-state index in [4.69, 9.17) is 0 Å².